The zero-order valence-corrected chi connectivity index (χ0v) is 9.15. The van der Waals surface area contributed by atoms with Crippen LogP contribution in [0.1, 0.15) is 25.7 Å². The zero-order valence-electron chi connectivity index (χ0n) is 9.15. The molecule has 90 valence electrons. The highest BCUT2D eigenvalue weighted by Gasteiger charge is 2.48. The van der Waals surface area contributed by atoms with Gasteiger partial charge in [-0.25, -0.2) is 0 Å². The minimum atomic E-state index is -0.867. The second-order valence-corrected chi connectivity index (χ2v) is 4.52. The smallest absolute Gasteiger partial charge is 0.307 e. The molecule has 0 bridgehead atoms. The van der Waals surface area contributed by atoms with Gasteiger partial charge >= 0.3 is 5.97 Å². The number of ether oxygens (including phenoxy) is 1. The van der Waals surface area contributed by atoms with Crippen molar-refractivity contribution in [1.82, 2.24) is 5.32 Å². The number of carboxylic acid groups (broad SMARTS) is 1. The van der Waals surface area contributed by atoms with Crippen LogP contribution < -0.4 is 5.32 Å². The van der Waals surface area contributed by atoms with E-state index in [1.807, 2.05) is 0 Å². The molecule has 1 aliphatic carbocycles. The Kier molecular flexibility index (Phi) is 3.43. The Morgan fingerprint density at radius 1 is 1.31 bits per heavy atom. The zero-order chi connectivity index (χ0) is 11.5. The molecule has 1 amide bonds. The summed E-state index contributed by atoms with van der Waals surface area (Å²) in [6, 6.07) is 0. The van der Waals surface area contributed by atoms with Crippen LogP contribution in [0.15, 0.2) is 0 Å². The Morgan fingerprint density at radius 3 is 2.69 bits per heavy atom. The number of amides is 1. The summed E-state index contributed by atoms with van der Waals surface area (Å²) in [5.74, 6) is -1.79. The average molecular weight is 227 g/mol. The predicted octanol–water partition coefficient (Wildman–Crippen LogP) is 0.392. The third-order valence-electron chi connectivity index (χ3n) is 3.22. The third-order valence-corrected chi connectivity index (χ3v) is 3.22. The molecule has 5 heteroatoms. The molecule has 0 aromatic heterocycles. The van der Waals surface area contributed by atoms with Gasteiger partial charge in [0.1, 0.15) is 0 Å². The van der Waals surface area contributed by atoms with E-state index in [0.717, 1.165) is 25.9 Å². The topological polar surface area (TPSA) is 75.6 Å². The monoisotopic (exact) mass is 227 g/mol. The van der Waals surface area contributed by atoms with E-state index in [0.29, 0.717) is 13.0 Å². The van der Waals surface area contributed by atoms with Crippen LogP contribution in [0.25, 0.3) is 0 Å². The van der Waals surface area contributed by atoms with Crippen molar-refractivity contribution in [2.75, 3.05) is 13.2 Å². The summed E-state index contributed by atoms with van der Waals surface area (Å²) in [4.78, 5) is 22.1. The molecule has 2 fully saturated rings. The fourth-order valence-corrected chi connectivity index (χ4v) is 2.07. The molecule has 2 aliphatic rings. The lowest BCUT2D eigenvalue weighted by Crippen LogP contribution is -2.36. The van der Waals surface area contributed by atoms with Gasteiger partial charge in [0.15, 0.2) is 0 Å². The molecular formula is C11H17NO4. The number of carbonyl (C=O) groups excluding carboxylic acids is 1. The largest absolute Gasteiger partial charge is 0.481 e. The highest BCUT2D eigenvalue weighted by atomic mass is 16.5. The molecule has 0 radical (unpaired) electrons. The molecule has 3 atom stereocenters. The van der Waals surface area contributed by atoms with E-state index in [-0.39, 0.29) is 17.9 Å². The standard InChI is InChI=1S/C11H17NO4/c13-10(8-5-9(8)11(14)15)12-6-7-3-1-2-4-16-7/h7-9H,1-6H2,(H,12,13)(H,14,15). The maximum absolute atomic E-state index is 11.5. The first-order chi connectivity index (χ1) is 7.68. The first-order valence-electron chi connectivity index (χ1n) is 5.80. The SMILES string of the molecule is O=C(O)C1CC1C(=O)NCC1CCCCO1. The Labute approximate surface area is 94.2 Å². The quantitative estimate of drug-likeness (QED) is 0.728. The van der Waals surface area contributed by atoms with Gasteiger partial charge < -0.3 is 15.2 Å². The Bertz CT molecular complexity index is 286. The molecule has 1 aliphatic heterocycles. The van der Waals surface area contributed by atoms with Crippen LogP contribution in [0.4, 0.5) is 0 Å². The summed E-state index contributed by atoms with van der Waals surface area (Å²) in [6.45, 7) is 1.28. The second-order valence-electron chi connectivity index (χ2n) is 4.52. The van der Waals surface area contributed by atoms with Gasteiger partial charge in [0.25, 0.3) is 0 Å². The molecule has 3 unspecified atom stereocenters. The van der Waals surface area contributed by atoms with Crippen molar-refractivity contribution in [2.24, 2.45) is 11.8 Å². The van der Waals surface area contributed by atoms with Gasteiger partial charge in [0, 0.05) is 13.2 Å². The fraction of sp³-hybridized carbons (Fsp3) is 0.818. The van der Waals surface area contributed by atoms with Crippen LogP contribution in [-0.2, 0) is 14.3 Å². The van der Waals surface area contributed by atoms with Crippen LogP contribution in [-0.4, -0.2) is 36.2 Å². The lowest BCUT2D eigenvalue weighted by Gasteiger charge is -2.22. The minimum absolute atomic E-state index is 0.111. The number of carbonyl (C=O) groups is 2. The summed E-state index contributed by atoms with van der Waals surface area (Å²) >= 11 is 0. The molecule has 1 heterocycles. The minimum Gasteiger partial charge on any atom is -0.481 e. The average Bonchev–Trinajstić information content (AvgIpc) is 3.07. The number of carboxylic acids is 1. The van der Waals surface area contributed by atoms with E-state index in [1.54, 1.807) is 0 Å². The Balaban J connectivity index is 1.66. The third kappa shape index (κ3) is 2.72. The molecular weight excluding hydrogens is 210 g/mol. The molecule has 2 rings (SSSR count). The first-order valence-corrected chi connectivity index (χ1v) is 5.80. The molecule has 2 N–H and O–H groups in total. The first kappa shape index (κ1) is 11.4. The summed E-state index contributed by atoms with van der Waals surface area (Å²) in [5.41, 5.74) is 0. The van der Waals surface area contributed by atoms with E-state index >= 15 is 0 Å². The maximum atomic E-state index is 11.5. The molecule has 5 nitrogen and oxygen atoms in total. The fourth-order valence-electron chi connectivity index (χ4n) is 2.07. The number of hydrogen-bond donors (Lipinski definition) is 2. The van der Waals surface area contributed by atoms with Crippen molar-refractivity contribution >= 4 is 11.9 Å². The summed E-state index contributed by atoms with van der Waals surface area (Å²) in [5, 5.41) is 11.5. The van der Waals surface area contributed by atoms with E-state index in [1.165, 1.54) is 0 Å². The molecule has 16 heavy (non-hydrogen) atoms. The maximum Gasteiger partial charge on any atom is 0.307 e. The van der Waals surface area contributed by atoms with Crippen molar-refractivity contribution < 1.29 is 19.4 Å². The van der Waals surface area contributed by atoms with E-state index < -0.39 is 11.9 Å². The highest BCUT2D eigenvalue weighted by Crippen LogP contribution is 2.38. The molecule has 0 aromatic rings. The number of hydrogen-bond acceptors (Lipinski definition) is 3. The lowest BCUT2D eigenvalue weighted by atomic mass is 10.1. The van der Waals surface area contributed by atoms with Gasteiger partial charge in [-0.2, -0.15) is 0 Å². The molecule has 1 saturated carbocycles. The van der Waals surface area contributed by atoms with Gasteiger partial charge in [-0.05, 0) is 25.7 Å². The summed E-state index contributed by atoms with van der Waals surface area (Å²) in [7, 11) is 0. The van der Waals surface area contributed by atoms with E-state index in [4.69, 9.17) is 9.84 Å². The number of rotatable bonds is 4. The summed E-state index contributed by atoms with van der Waals surface area (Å²) in [6.07, 6.45) is 3.80. The van der Waals surface area contributed by atoms with Crippen LogP contribution >= 0.6 is 0 Å². The van der Waals surface area contributed by atoms with Gasteiger partial charge in [0.05, 0.1) is 17.9 Å². The van der Waals surface area contributed by atoms with Gasteiger partial charge in [-0.1, -0.05) is 0 Å². The van der Waals surface area contributed by atoms with Crippen LogP contribution in [0.2, 0.25) is 0 Å². The van der Waals surface area contributed by atoms with Gasteiger partial charge in [-0.15, -0.1) is 0 Å². The van der Waals surface area contributed by atoms with Gasteiger partial charge in [0.2, 0.25) is 5.91 Å². The van der Waals surface area contributed by atoms with E-state index in [9.17, 15) is 9.59 Å². The second kappa shape index (κ2) is 4.82. The van der Waals surface area contributed by atoms with Gasteiger partial charge in [-0.3, -0.25) is 9.59 Å². The van der Waals surface area contributed by atoms with Crippen molar-refractivity contribution in [3.63, 3.8) is 0 Å². The van der Waals surface area contributed by atoms with Crippen LogP contribution in [0.3, 0.4) is 0 Å². The van der Waals surface area contributed by atoms with Crippen molar-refractivity contribution in [1.29, 1.82) is 0 Å². The van der Waals surface area contributed by atoms with E-state index in [2.05, 4.69) is 5.32 Å². The van der Waals surface area contributed by atoms with Crippen molar-refractivity contribution in [3.05, 3.63) is 0 Å². The number of aliphatic carboxylic acids is 1. The normalized spacial score (nSPS) is 33.1. The number of nitrogens with one attached hydrogen (secondary N) is 1. The highest BCUT2D eigenvalue weighted by molar-refractivity contribution is 5.89. The Morgan fingerprint density at radius 2 is 2.12 bits per heavy atom. The van der Waals surface area contributed by atoms with Crippen molar-refractivity contribution in [2.45, 2.75) is 31.8 Å². The van der Waals surface area contributed by atoms with Crippen molar-refractivity contribution in [3.8, 4) is 0 Å². The summed E-state index contributed by atoms with van der Waals surface area (Å²) < 4.78 is 5.47. The van der Waals surface area contributed by atoms with Crippen LogP contribution in [0, 0.1) is 11.8 Å². The molecule has 1 saturated heterocycles. The lowest BCUT2D eigenvalue weighted by molar-refractivity contribution is -0.140. The Hall–Kier alpha value is -1.10. The molecule has 0 aromatic carbocycles. The van der Waals surface area contributed by atoms with Crippen LogP contribution in [0.5, 0.6) is 0 Å². The predicted molar refractivity (Wildman–Crippen MR) is 55.8 cm³/mol. The molecule has 0 spiro atoms.